The Morgan fingerprint density at radius 2 is 1.83 bits per heavy atom. The van der Waals surface area contributed by atoms with Crippen LogP contribution in [0.15, 0.2) is 64.1 Å². The molecule has 0 aliphatic rings. The van der Waals surface area contributed by atoms with E-state index in [9.17, 15) is 14.9 Å². The van der Waals surface area contributed by atoms with Gasteiger partial charge < -0.3 is 13.9 Å². The van der Waals surface area contributed by atoms with E-state index in [0.717, 1.165) is 35.7 Å². The van der Waals surface area contributed by atoms with Gasteiger partial charge in [0.1, 0.15) is 5.58 Å². The lowest BCUT2D eigenvalue weighted by molar-refractivity contribution is -0.384. The highest BCUT2D eigenvalue weighted by molar-refractivity contribution is 5.97. The number of nitro benzene ring substituents is 1. The van der Waals surface area contributed by atoms with Crippen LogP contribution >= 0.6 is 0 Å². The Hall–Kier alpha value is -4.40. The number of aromatic nitrogens is 1. The highest BCUT2D eigenvalue weighted by Crippen LogP contribution is 2.25. The van der Waals surface area contributed by atoms with E-state index >= 15 is 0 Å². The molecule has 0 fully saturated rings. The number of hydrogen-bond acceptors (Lipinski definition) is 6. The molecule has 1 N–H and O–H groups in total. The van der Waals surface area contributed by atoms with Crippen LogP contribution in [-0.4, -0.2) is 34.7 Å². The first-order chi connectivity index (χ1) is 16.8. The Morgan fingerprint density at radius 3 is 2.49 bits per heavy atom. The zero-order valence-electron chi connectivity index (χ0n) is 20.1. The Kier molecular flexibility index (Phi) is 6.68. The lowest BCUT2D eigenvalue weighted by atomic mass is 10.2. The zero-order valence-corrected chi connectivity index (χ0v) is 20.1. The average molecular weight is 474 g/mol. The predicted octanol–water partition coefficient (Wildman–Crippen LogP) is 5.36. The van der Waals surface area contributed by atoms with Crippen molar-refractivity contribution in [2.24, 2.45) is 5.10 Å². The maximum absolute atomic E-state index is 12.5. The molecule has 35 heavy (non-hydrogen) atoms. The molecule has 2 aromatic carbocycles. The maximum Gasteiger partial charge on any atom is 0.307 e. The lowest BCUT2D eigenvalue weighted by Crippen LogP contribution is -2.21. The van der Waals surface area contributed by atoms with Gasteiger partial charge in [0.05, 0.1) is 11.1 Å². The Labute approximate surface area is 202 Å². The highest BCUT2D eigenvalue weighted by atomic mass is 16.6. The Bertz CT molecular complexity index is 1410. The molecule has 0 atom stereocenters. The zero-order chi connectivity index (χ0) is 25.1. The van der Waals surface area contributed by atoms with Crippen molar-refractivity contribution in [3.05, 3.63) is 87.4 Å². The standard InChI is InChI=1S/C26H27N5O4/c1-5-29(6-2)21-7-9-22(10-8-21)30-17(3)13-20(18(30)4)16-27-28-26(32)25-15-19-14-23(31(33)34)11-12-24(19)35-25/h7-16H,5-6H2,1-4H3,(H,28,32)/b27-16-. The summed E-state index contributed by atoms with van der Waals surface area (Å²) in [4.78, 5) is 25.2. The number of hydrogen-bond donors (Lipinski definition) is 1. The largest absolute Gasteiger partial charge is 0.451 e. The van der Waals surface area contributed by atoms with Gasteiger partial charge in [-0.15, -0.1) is 0 Å². The van der Waals surface area contributed by atoms with E-state index in [1.54, 1.807) is 6.21 Å². The van der Waals surface area contributed by atoms with Gasteiger partial charge in [0.2, 0.25) is 0 Å². The summed E-state index contributed by atoms with van der Waals surface area (Å²) in [6.45, 7) is 10.2. The second-order valence-electron chi connectivity index (χ2n) is 8.14. The van der Waals surface area contributed by atoms with Crippen LogP contribution in [0.4, 0.5) is 11.4 Å². The van der Waals surface area contributed by atoms with Gasteiger partial charge >= 0.3 is 5.91 Å². The number of carbonyl (C=O) groups excluding carboxylic acids is 1. The third kappa shape index (κ3) is 4.79. The summed E-state index contributed by atoms with van der Waals surface area (Å²) in [5.41, 5.74) is 7.93. The maximum atomic E-state index is 12.5. The normalized spacial score (nSPS) is 11.3. The fraction of sp³-hybridized carbons (Fsp3) is 0.231. The number of amides is 1. The van der Waals surface area contributed by atoms with Crippen LogP contribution in [0.1, 0.15) is 41.4 Å². The van der Waals surface area contributed by atoms with E-state index in [1.165, 1.54) is 30.0 Å². The van der Waals surface area contributed by atoms with E-state index in [-0.39, 0.29) is 11.4 Å². The number of rotatable bonds is 8. The predicted molar refractivity (Wildman–Crippen MR) is 137 cm³/mol. The number of benzene rings is 2. The van der Waals surface area contributed by atoms with Crippen molar-refractivity contribution in [1.82, 2.24) is 9.99 Å². The van der Waals surface area contributed by atoms with Crippen molar-refractivity contribution in [3.63, 3.8) is 0 Å². The lowest BCUT2D eigenvalue weighted by Gasteiger charge is -2.21. The van der Waals surface area contributed by atoms with Crippen molar-refractivity contribution in [2.45, 2.75) is 27.7 Å². The second-order valence-corrected chi connectivity index (χ2v) is 8.14. The fourth-order valence-electron chi connectivity index (χ4n) is 4.19. The van der Waals surface area contributed by atoms with Crippen LogP contribution in [0.3, 0.4) is 0 Å². The van der Waals surface area contributed by atoms with Gasteiger partial charge in [0, 0.05) is 58.9 Å². The minimum atomic E-state index is -0.541. The molecule has 0 radical (unpaired) electrons. The number of non-ortho nitro benzene ring substituents is 1. The minimum Gasteiger partial charge on any atom is -0.451 e. The molecular formula is C26H27N5O4. The molecule has 0 aliphatic carbocycles. The van der Waals surface area contributed by atoms with E-state index in [1.807, 2.05) is 19.9 Å². The van der Waals surface area contributed by atoms with E-state index in [2.05, 4.69) is 58.1 Å². The molecule has 0 unspecified atom stereocenters. The third-order valence-corrected chi connectivity index (χ3v) is 6.01. The van der Waals surface area contributed by atoms with E-state index in [0.29, 0.717) is 11.0 Å². The molecule has 0 saturated heterocycles. The van der Waals surface area contributed by atoms with Crippen molar-refractivity contribution in [3.8, 4) is 5.69 Å². The Balaban J connectivity index is 1.49. The van der Waals surface area contributed by atoms with Crippen molar-refractivity contribution >= 4 is 34.5 Å². The molecule has 2 heterocycles. The van der Waals surface area contributed by atoms with Crippen LogP contribution in [0, 0.1) is 24.0 Å². The monoisotopic (exact) mass is 473 g/mol. The van der Waals surface area contributed by atoms with Crippen molar-refractivity contribution in [1.29, 1.82) is 0 Å². The molecule has 9 heteroatoms. The minimum absolute atomic E-state index is 0.0245. The van der Waals surface area contributed by atoms with Crippen LogP contribution in [-0.2, 0) is 0 Å². The summed E-state index contributed by atoms with van der Waals surface area (Å²) < 4.78 is 7.64. The van der Waals surface area contributed by atoms with Crippen LogP contribution < -0.4 is 10.3 Å². The molecule has 0 saturated carbocycles. The van der Waals surface area contributed by atoms with Crippen molar-refractivity contribution in [2.75, 3.05) is 18.0 Å². The number of nitrogens with zero attached hydrogens (tertiary/aromatic N) is 4. The second kappa shape index (κ2) is 9.84. The van der Waals surface area contributed by atoms with Crippen molar-refractivity contribution < 1.29 is 14.1 Å². The first kappa shape index (κ1) is 23.7. The molecule has 180 valence electrons. The number of nitro groups is 1. The summed E-state index contributed by atoms with van der Waals surface area (Å²) in [6, 6.07) is 16.1. The van der Waals surface area contributed by atoms with Gasteiger partial charge in [-0.2, -0.15) is 5.10 Å². The average Bonchev–Trinajstić information content (AvgIpc) is 3.40. The summed E-state index contributed by atoms with van der Waals surface area (Å²) in [6.07, 6.45) is 1.59. The smallest absolute Gasteiger partial charge is 0.307 e. The molecular weight excluding hydrogens is 446 g/mol. The molecule has 0 aliphatic heterocycles. The Morgan fingerprint density at radius 1 is 1.11 bits per heavy atom. The molecule has 0 bridgehead atoms. The van der Waals surface area contributed by atoms with Gasteiger partial charge in [0.15, 0.2) is 5.76 Å². The number of hydrazone groups is 1. The van der Waals surface area contributed by atoms with Crippen LogP contribution in [0.2, 0.25) is 0 Å². The topological polar surface area (TPSA) is 106 Å². The number of carbonyl (C=O) groups is 1. The summed E-state index contributed by atoms with van der Waals surface area (Å²) >= 11 is 0. The first-order valence-corrected chi connectivity index (χ1v) is 11.4. The summed E-state index contributed by atoms with van der Waals surface area (Å²) in [5.74, 6) is -0.516. The van der Waals surface area contributed by atoms with Gasteiger partial charge in [-0.3, -0.25) is 14.9 Å². The van der Waals surface area contributed by atoms with Gasteiger partial charge in [-0.05, 0) is 70.2 Å². The van der Waals surface area contributed by atoms with Gasteiger partial charge in [0.25, 0.3) is 5.69 Å². The van der Waals surface area contributed by atoms with E-state index < -0.39 is 10.8 Å². The molecule has 4 aromatic rings. The quantitative estimate of drug-likeness (QED) is 0.211. The molecule has 4 rings (SSSR count). The number of aryl methyl sites for hydroxylation is 1. The van der Waals surface area contributed by atoms with Crippen LogP contribution in [0.5, 0.6) is 0 Å². The number of nitrogens with one attached hydrogen (secondary N) is 1. The third-order valence-electron chi connectivity index (χ3n) is 6.01. The molecule has 0 spiro atoms. The summed E-state index contributed by atoms with van der Waals surface area (Å²) in [5, 5.41) is 15.5. The highest BCUT2D eigenvalue weighted by Gasteiger charge is 2.15. The summed E-state index contributed by atoms with van der Waals surface area (Å²) in [7, 11) is 0. The van der Waals surface area contributed by atoms with Gasteiger partial charge in [-0.1, -0.05) is 0 Å². The first-order valence-electron chi connectivity index (χ1n) is 11.4. The van der Waals surface area contributed by atoms with Gasteiger partial charge in [-0.25, -0.2) is 5.43 Å². The molecule has 2 aromatic heterocycles. The number of fused-ring (bicyclic) bond motifs is 1. The number of furan rings is 1. The van der Waals surface area contributed by atoms with E-state index in [4.69, 9.17) is 4.42 Å². The number of anilines is 1. The molecule has 9 nitrogen and oxygen atoms in total. The SMILES string of the molecule is CCN(CC)c1ccc(-n2c(C)cc(/C=N\NC(=O)c3cc4cc([N+](=O)[O-])ccc4o3)c2C)cc1. The molecule has 1 amide bonds. The van der Waals surface area contributed by atoms with Crippen LogP contribution in [0.25, 0.3) is 16.7 Å². The fourth-order valence-corrected chi connectivity index (χ4v) is 4.19.